The summed E-state index contributed by atoms with van der Waals surface area (Å²) in [5.41, 5.74) is 0.200. The molecule has 1 aromatic heterocycles. The molecule has 3 N–H and O–H groups in total. The molecule has 310 valence electrons. The number of alkyl carbamates (subject to hydrolysis) is 1. The van der Waals surface area contributed by atoms with Gasteiger partial charge in [0.1, 0.15) is 41.3 Å². The molecule has 8 rings (SSSR count). The monoisotopic (exact) mass is 807 g/mol. The Bertz CT molecular complexity index is 1980. The van der Waals surface area contributed by atoms with Crippen LogP contribution in [-0.2, 0) is 35.6 Å². The number of nitrogens with one attached hydrogen (secondary N) is 3. The van der Waals surface area contributed by atoms with Gasteiger partial charge in [0, 0.05) is 11.8 Å². The highest BCUT2D eigenvalue weighted by Crippen LogP contribution is 2.47. The molecule has 2 bridgehead atoms. The van der Waals surface area contributed by atoms with E-state index in [2.05, 4.69) is 15.4 Å². The van der Waals surface area contributed by atoms with Crippen molar-refractivity contribution in [3.8, 4) is 11.5 Å². The van der Waals surface area contributed by atoms with Crippen molar-refractivity contribution in [1.29, 1.82) is 0 Å². The van der Waals surface area contributed by atoms with E-state index < -0.39 is 62.8 Å². The van der Waals surface area contributed by atoms with E-state index in [9.17, 15) is 27.6 Å². The molecule has 0 spiro atoms. The third-order valence-electron chi connectivity index (χ3n) is 13.5. The third-order valence-corrected chi connectivity index (χ3v) is 15.3. The Morgan fingerprint density at radius 2 is 1.72 bits per heavy atom. The lowest BCUT2D eigenvalue weighted by molar-refractivity contribution is -0.142. The van der Waals surface area contributed by atoms with Crippen LogP contribution in [0.15, 0.2) is 24.3 Å². The number of carbonyl (C=O) groups is 4. The first kappa shape index (κ1) is 39.7. The van der Waals surface area contributed by atoms with Crippen LogP contribution in [0.3, 0.4) is 0 Å². The first-order valence-electron chi connectivity index (χ1n) is 21.3. The highest BCUT2D eigenvalue weighted by molar-refractivity contribution is 7.91. The van der Waals surface area contributed by atoms with Gasteiger partial charge in [-0.05, 0) is 113 Å². The molecule has 0 radical (unpaired) electrons. The Labute approximate surface area is 334 Å². The first-order chi connectivity index (χ1) is 27.5. The summed E-state index contributed by atoms with van der Waals surface area (Å²) in [5.74, 6) is -0.572. The minimum Gasteiger partial charge on any atom is -0.497 e. The van der Waals surface area contributed by atoms with Crippen molar-refractivity contribution in [3.63, 3.8) is 0 Å². The predicted octanol–water partition coefficient (Wildman–Crippen LogP) is 5.06. The molecule has 7 atom stereocenters. The van der Waals surface area contributed by atoms with Gasteiger partial charge in [-0.3, -0.25) is 19.1 Å². The van der Waals surface area contributed by atoms with E-state index >= 15 is 0 Å². The molecule has 57 heavy (non-hydrogen) atoms. The molecule has 0 unspecified atom stereocenters. The Morgan fingerprint density at radius 3 is 2.46 bits per heavy atom. The summed E-state index contributed by atoms with van der Waals surface area (Å²) < 4.78 is 46.2. The van der Waals surface area contributed by atoms with Crippen LogP contribution in [0.5, 0.6) is 11.5 Å². The number of ether oxygens (including phenoxy) is 3. The molecule has 2 aliphatic heterocycles. The van der Waals surface area contributed by atoms with Crippen LogP contribution < -0.4 is 24.8 Å². The summed E-state index contributed by atoms with van der Waals surface area (Å²) in [7, 11) is -2.25. The zero-order chi connectivity index (χ0) is 39.9. The standard InChI is InChI=1S/C42H57N5O9S/c1-3-28-23-42(28,40(50)46-57(52,53)31-17-18-31)45-38(48)34-22-30-24-47(34)39(49)37(26-11-7-8-12-26)44-41(51)56-35-15-9-13-25(35)10-5-4-6-14-33-36(55-30)21-27-20-29(54-2)16-19-32(27)43-33/h16,19-21,25-26,28,30-31,34-35,37H,3-15,17-18,22-24H2,1-2H3,(H,44,51)(H,45,48)(H,46,50)/t25-,28-,30-,34+,35-,37+,42-/m1/s1. The summed E-state index contributed by atoms with van der Waals surface area (Å²) >= 11 is 0. The van der Waals surface area contributed by atoms with Gasteiger partial charge >= 0.3 is 6.09 Å². The lowest BCUT2D eigenvalue weighted by atomic mass is 9.96. The van der Waals surface area contributed by atoms with E-state index in [1.165, 1.54) is 4.90 Å². The van der Waals surface area contributed by atoms with Crippen LogP contribution in [0.25, 0.3) is 10.9 Å². The molecule has 5 fully saturated rings. The topological polar surface area (TPSA) is 182 Å². The SMILES string of the molecule is CC[C@@H]1C[C@]1(NC(=O)[C@@H]1C[C@@H]2CN1C(=O)[C@H](C1CCCC1)NC(=O)O[C@@H]1CCC[C@H]1CCCCCc1nc3ccc(OC)cc3cc1O2)C(=O)NS(=O)(=O)C1CC1. The largest absolute Gasteiger partial charge is 0.497 e. The molecule has 1 saturated heterocycles. The molecule has 6 aliphatic rings. The fraction of sp³-hybridized carbons (Fsp3) is 0.690. The van der Waals surface area contributed by atoms with Gasteiger partial charge in [-0.25, -0.2) is 18.2 Å². The lowest BCUT2D eigenvalue weighted by Gasteiger charge is -2.32. The molecule has 1 aromatic carbocycles. The number of aromatic nitrogens is 1. The molecule has 3 heterocycles. The van der Waals surface area contributed by atoms with Gasteiger partial charge in [-0.15, -0.1) is 0 Å². The average molecular weight is 808 g/mol. The van der Waals surface area contributed by atoms with E-state index in [1.54, 1.807) is 7.11 Å². The zero-order valence-corrected chi connectivity index (χ0v) is 33.9. The van der Waals surface area contributed by atoms with Gasteiger partial charge < -0.3 is 29.7 Å². The highest BCUT2D eigenvalue weighted by Gasteiger charge is 2.62. The number of nitrogens with zero attached hydrogens (tertiary/aromatic N) is 2. The van der Waals surface area contributed by atoms with Gasteiger partial charge in [0.15, 0.2) is 0 Å². The second-order valence-electron chi connectivity index (χ2n) is 17.3. The van der Waals surface area contributed by atoms with Gasteiger partial charge in [0.05, 0.1) is 30.1 Å². The fourth-order valence-electron chi connectivity index (χ4n) is 9.95. The maximum absolute atomic E-state index is 14.9. The Balaban J connectivity index is 1.13. The second-order valence-corrected chi connectivity index (χ2v) is 19.3. The van der Waals surface area contributed by atoms with Crippen LogP contribution >= 0.6 is 0 Å². The number of fused-ring (bicyclic) bond motifs is 5. The van der Waals surface area contributed by atoms with Crippen molar-refractivity contribution in [2.45, 2.75) is 151 Å². The summed E-state index contributed by atoms with van der Waals surface area (Å²) in [6, 6.07) is 5.70. The number of sulfonamides is 1. The highest BCUT2D eigenvalue weighted by atomic mass is 32.2. The summed E-state index contributed by atoms with van der Waals surface area (Å²) in [6.07, 6.45) is 11.1. The molecule has 4 saturated carbocycles. The fourth-order valence-corrected chi connectivity index (χ4v) is 11.3. The van der Waals surface area contributed by atoms with Crippen molar-refractivity contribution in [1.82, 2.24) is 25.2 Å². The van der Waals surface area contributed by atoms with E-state index in [0.29, 0.717) is 37.2 Å². The summed E-state index contributed by atoms with van der Waals surface area (Å²) in [5, 5.41) is 6.15. The average Bonchev–Trinajstić information content (AvgIpc) is 3.98. The van der Waals surface area contributed by atoms with E-state index in [0.717, 1.165) is 87.2 Å². The molecule has 4 aliphatic carbocycles. The molecule has 15 heteroatoms. The minimum atomic E-state index is -3.86. The number of benzene rings is 1. The van der Waals surface area contributed by atoms with Gasteiger partial charge in [0.2, 0.25) is 21.8 Å². The molecular weight excluding hydrogens is 751 g/mol. The molecular formula is C42H57N5O9S. The summed E-state index contributed by atoms with van der Waals surface area (Å²) in [6.45, 7) is 1.96. The van der Waals surface area contributed by atoms with Crippen molar-refractivity contribution in [2.75, 3.05) is 13.7 Å². The van der Waals surface area contributed by atoms with Crippen LogP contribution in [0.1, 0.15) is 115 Å². The van der Waals surface area contributed by atoms with Crippen molar-refractivity contribution < 1.29 is 41.8 Å². The molecule has 14 nitrogen and oxygen atoms in total. The van der Waals surface area contributed by atoms with Crippen molar-refractivity contribution in [3.05, 3.63) is 30.0 Å². The van der Waals surface area contributed by atoms with Gasteiger partial charge in [0.25, 0.3) is 5.91 Å². The van der Waals surface area contributed by atoms with Crippen LogP contribution in [0.2, 0.25) is 0 Å². The van der Waals surface area contributed by atoms with Crippen LogP contribution in [0.4, 0.5) is 4.79 Å². The van der Waals surface area contributed by atoms with E-state index in [1.807, 2.05) is 31.2 Å². The number of rotatable bonds is 8. The first-order valence-corrected chi connectivity index (χ1v) is 22.8. The van der Waals surface area contributed by atoms with E-state index in [4.69, 9.17) is 19.2 Å². The van der Waals surface area contributed by atoms with Gasteiger partial charge in [-0.1, -0.05) is 39.0 Å². The Hall–Kier alpha value is -4.14. The zero-order valence-electron chi connectivity index (χ0n) is 33.1. The number of pyridine rings is 1. The van der Waals surface area contributed by atoms with Crippen molar-refractivity contribution >= 4 is 44.7 Å². The van der Waals surface area contributed by atoms with Crippen LogP contribution in [0, 0.1) is 17.8 Å². The maximum atomic E-state index is 14.9. The quantitative estimate of drug-likeness (QED) is 0.326. The van der Waals surface area contributed by atoms with Gasteiger partial charge in [-0.2, -0.15) is 0 Å². The Morgan fingerprint density at radius 1 is 0.965 bits per heavy atom. The predicted molar refractivity (Wildman–Crippen MR) is 211 cm³/mol. The third kappa shape index (κ3) is 8.40. The second kappa shape index (κ2) is 16.2. The molecule has 2 aromatic rings. The maximum Gasteiger partial charge on any atom is 0.408 e. The summed E-state index contributed by atoms with van der Waals surface area (Å²) in [4.78, 5) is 63.3. The minimum absolute atomic E-state index is 0.0591. The number of hydrogen-bond acceptors (Lipinski definition) is 10. The lowest BCUT2D eigenvalue weighted by Crippen LogP contribution is -2.59. The van der Waals surface area contributed by atoms with Crippen LogP contribution in [-0.4, -0.2) is 90.9 Å². The smallest absolute Gasteiger partial charge is 0.408 e. The van der Waals surface area contributed by atoms with E-state index in [-0.39, 0.29) is 43.2 Å². The normalized spacial score (nSPS) is 31.2. The number of amides is 4. The molecule has 4 amide bonds. The number of hydrogen-bond donors (Lipinski definition) is 3. The Kier molecular flexibility index (Phi) is 11.3. The number of aryl methyl sites for hydroxylation is 1. The van der Waals surface area contributed by atoms with Crippen molar-refractivity contribution in [2.24, 2.45) is 17.8 Å². The number of methoxy groups -OCH3 is 1. The number of carbonyl (C=O) groups excluding carboxylic acids is 4.